The Hall–Kier alpha value is -2.01. The van der Waals surface area contributed by atoms with Crippen molar-refractivity contribution in [3.05, 3.63) is 34.6 Å². The first-order valence-corrected chi connectivity index (χ1v) is 5.79. The molecule has 0 aliphatic rings. The van der Waals surface area contributed by atoms with E-state index in [9.17, 15) is 4.79 Å². The number of hydrogen-bond acceptors (Lipinski definition) is 4. The van der Waals surface area contributed by atoms with E-state index in [0.717, 1.165) is 10.9 Å². The zero-order chi connectivity index (χ0) is 13.3. The van der Waals surface area contributed by atoms with E-state index in [1.807, 2.05) is 19.1 Å². The predicted molar refractivity (Wildman–Crippen MR) is 73.8 cm³/mol. The van der Waals surface area contributed by atoms with Gasteiger partial charge < -0.3 is 20.7 Å². The van der Waals surface area contributed by atoms with Crippen molar-refractivity contribution < 1.29 is 5.11 Å². The number of aryl methyl sites for hydroxylation is 1. The van der Waals surface area contributed by atoms with Crippen LogP contribution in [0, 0.1) is 0 Å². The summed E-state index contributed by atoms with van der Waals surface area (Å²) in [4.78, 5) is 11.8. The Morgan fingerprint density at radius 3 is 2.83 bits per heavy atom. The molecule has 0 amide bonds. The van der Waals surface area contributed by atoms with Crippen molar-refractivity contribution in [1.29, 1.82) is 0 Å². The Balaban J connectivity index is 2.68. The highest BCUT2D eigenvalue weighted by Gasteiger charge is 2.09. The molecule has 0 spiro atoms. The number of nitrogens with one attached hydrogen (secondary N) is 1. The second kappa shape index (κ2) is 4.70. The number of aliphatic hydroxyl groups is 1. The molecule has 2 aromatic rings. The molecule has 0 saturated carbocycles. The number of pyridine rings is 1. The van der Waals surface area contributed by atoms with Crippen LogP contribution in [0.1, 0.15) is 6.92 Å². The highest BCUT2D eigenvalue weighted by Crippen LogP contribution is 2.24. The molecule has 1 aromatic carbocycles. The summed E-state index contributed by atoms with van der Waals surface area (Å²) >= 11 is 0. The summed E-state index contributed by atoms with van der Waals surface area (Å²) in [5.74, 6) is 0. The molecule has 0 saturated heterocycles. The largest absolute Gasteiger partial charge is 0.399 e. The fraction of sp³-hybridized carbons (Fsp3) is 0.308. The molecule has 1 atom stereocenters. The summed E-state index contributed by atoms with van der Waals surface area (Å²) < 4.78 is 1.57. The van der Waals surface area contributed by atoms with Crippen molar-refractivity contribution in [2.45, 2.75) is 13.0 Å². The molecule has 0 radical (unpaired) electrons. The molecule has 5 heteroatoms. The van der Waals surface area contributed by atoms with Crippen LogP contribution in [0.3, 0.4) is 0 Å². The molecule has 0 aliphatic heterocycles. The minimum atomic E-state index is -0.123. The number of nitrogens with two attached hydrogens (primary N) is 1. The maximum absolute atomic E-state index is 11.8. The van der Waals surface area contributed by atoms with Gasteiger partial charge in [0.25, 0.3) is 5.56 Å². The molecule has 0 fully saturated rings. The number of benzene rings is 1. The highest BCUT2D eigenvalue weighted by atomic mass is 16.3. The predicted octanol–water partition coefficient (Wildman–Crippen LogP) is 0.913. The van der Waals surface area contributed by atoms with E-state index >= 15 is 0 Å². The molecule has 4 N–H and O–H groups in total. The topological polar surface area (TPSA) is 80.3 Å². The van der Waals surface area contributed by atoms with Gasteiger partial charge in [0.05, 0.1) is 12.1 Å². The summed E-state index contributed by atoms with van der Waals surface area (Å²) in [5, 5.41) is 13.1. The van der Waals surface area contributed by atoms with Gasteiger partial charge in [-0.1, -0.05) is 0 Å². The van der Waals surface area contributed by atoms with Crippen molar-refractivity contribution in [3.63, 3.8) is 0 Å². The first-order chi connectivity index (χ1) is 8.52. The van der Waals surface area contributed by atoms with Crippen molar-refractivity contribution in [2.75, 3.05) is 17.7 Å². The first-order valence-electron chi connectivity index (χ1n) is 5.79. The summed E-state index contributed by atoms with van der Waals surface area (Å²) in [7, 11) is 1.72. The van der Waals surface area contributed by atoms with E-state index in [4.69, 9.17) is 10.8 Å². The highest BCUT2D eigenvalue weighted by molar-refractivity contribution is 5.93. The van der Waals surface area contributed by atoms with E-state index in [2.05, 4.69) is 5.32 Å². The lowest BCUT2D eigenvalue weighted by Gasteiger charge is -2.16. The quantitative estimate of drug-likeness (QED) is 0.704. The molecule has 0 unspecified atom stereocenters. The van der Waals surface area contributed by atoms with Crippen molar-refractivity contribution in [2.24, 2.45) is 7.05 Å². The van der Waals surface area contributed by atoms with Gasteiger partial charge in [0.15, 0.2) is 0 Å². The lowest BCUT2D eigenvalue weighted by atomic mass is 10.1. The molecule has 1 heterocycles. The van der Waals surface area contributed by atoms with E-state index in [0.29, 0.717) is 11.4 Å². The molecule has 18 heavy (non-hydrogen) atoms. The molecule has 1 aromatic heterocycles. The van der Waals surface area contributed by atoms with Crippen LogP contribution in [-0.2, 0) is 7.05 Å². The average molecular weight is 247 g/mol. The lowest BCUT2D eigenvalue weighted by Crippen LogP contribution is -2.23. The summed E-state index contributed by atoms with van der Waals surface area (Å²) in [6.45, 7) is 1.84. The number of aromatic nitrogens is 1. The Labute approximate surface area is 105 Å². The van der Waals surface area contributed by atoms with Crippen LogP contribution >= 0.6 is 0 Å². The standard InChI is InChI=1S/C13H17N3O2/c1-8(7-17)15-11-6-13(18)16(2)12-4-3-9(14)5-10(11)12/h3-6,8,15,17H,7,14H2,1-2H3/t8-/m1/s1. The SMILES string of the molecule is C[C@H](CO)Nc1cc(=O)n(C)c2ccc(N)cc12. The van der Waals surface area contributed by atoms with Crippen molar-refractivity contribution in [3.8, 4) is 0 Å². The average Bonchev–Trinajstić information content (AvgIpc) is 2.35. The van der Waals surface area contributed by atoms with E-state index in [1.165, 1.54) is 6.07 Å². The number of aliphatic hydroxyl groups excluding tert-OH is 1. The molecule has 0 aliphatic carbocycles. The Bertz CT molecular complexity index is 634. The Morgan fingerprint density at radius 2 is 2.17 bits per heavy atom. The van der Waals surface area contributed by atoms with Gasteiger partial charge in [-0.25, -0.2) is 0 Å². The third-order valence-electron chi connectivity index (χ3n) is 2.95. The fourth-order valence-electron chi connectivity index (χ4n) is 1.91. The second-order valence-electron chi connectivity index (χ2n) is 4.46. The van der Waals surface area contributed by atoms with Gasteiger partial charge in [0.1, 0.15) is 0 Å². The van der Waals surface area contributed by atoms with Crippen LogP contribution in [0.15, 0.2) is 29.1 Å². The van der Waals surface area contributed by atoms with E-state index in [-0.39, 0.29) is 18.2 Å². The van der Waals surface area contributed by atoms with Gasteiger partial charge in [0.2, 0.25) is 0 Å². The number of nitrogens with zero attached hydrogens (tertiary/aromatic N) is 1. The van der Waals surface area contributed by atoms with Gasteiger partial charge in [-0.05, 0) is 25.1 Å². The summed E-state index contributed by atoms with van der Waals surface area (Å²) in [5.41, 5.74) is 7.83. The maximum Gasteiger partial charge on any atom is 0.252 e. The molecule has 0 bridgehead atoms. The number of anilines is 2. The zero-order valence-corrected chi connectivity index (χ0v) is 10.5. The third kappa shape index (κ3) is 2.17. The van der Waals surface area contributed by atoms with Gasteiger partial charge in [-0.3, -0.25) is 4.79 Å². The van der Waals surface area contributed by atoms with Crippen LogP contribution < -0.4 is 16.6 Å². The van der Waals surface area contributed by atoms with Crippen LogP contribution in [-0.4, -0.2) is 22.3 Å². The lowest BCUT2D eigenvalue weighted by molar-refractivity contribution is 0.281. The second-order valence-corrected chi connectivity index (χ2v) is 4.46. The van der Waals surface area contributed by atoms with E-state index < -0.39 is 0 Å². The van der Waals surface area contributed by atoms with Gasteiger partial charge in [-0.2, -0.15) is 0 Å². The molecular weight excluding hydrogens is 230 g/mol. The van der Waals surface area contributed by atoms with Crippen molar-refractivity contribution >= 4 is 22.3 Å². The van der Waals surface area contributed by atoms with Gasteiger partial charge in [0, 0.05) is 35.9 Å². The molecular formula is C13H17N3O2. The molecule has 5 nitrogen and oxygen atoms in total. The molecule has 2 rings (SSSR count). The van der Waals surface area contributed by atoms with Crippen LogP contribution in [0.2, 0.25) is 0 Å². The monoisotopic (exact) mass is 247 g/mol. The normalized spacial score (nSPS) is 12.6. The fourth-order valence-corrected chi connectivity index (χ4v) is 1.91. The minimum absolute atomic E-state index is 0.000973. The minimum Gasteiger partial charge on any atom is -0.399 e. The Kier molecular flexibility index (Phi) is 3.25. The number of hydrogen-bond donors (Lipinski definition) is 3. The zero-order valence-electron chi connectivity index (χ0n) is 10.5. The van der Waals surface area contributed by atoms with E-state index in [1.54, 1.807) is 17.7 Å². The third-order valence-corrected chi connectivity index (χ3v) is 2.95. The van der Waals surface area contributed by atoms with Crippen LogP contribution in [0.5, 0.6) is 0 Å². The summed E-state index contributed by atoms with van der Waals surface area (Å²) in [6, 6.07) is 6.80. The van der Waals surface area contributed by atoms with Crippen LogP contribution in [0.25, 0.3) is 10.9 Å². The summed E-state index contributed by atoms with van der Waals surface area (Å²) in [6.07, 6.45) is 0. The maximum atomic E-state index is 11.8. The smallest absolute Gasteiger partial charge is 0.252 e. The van der Waals surface area contributed by atoms with Crippen LogP contribution in [0.4, 0.5) is 11.4 Å². The first kappa shape index (κ1) is 12.4. The Morgan fingerprint density at radius 1 is 1.44 bits per heavy atom. The van der Waals surface area contributed by atoms with Gasteiger partial charge in [-0.15, -0.1) is 0 Å². The van der Waals surface area contributed by atoms with Gasteiger partial charge >= 0.3 is 0 Å². The number of rotatable bonds is 3. The number of nitrogen functional groups attached to an aromatic ring is 1. The molecule has 96 valence electrons. The number of fused-ring (bicyclic) bond motifs is 1. The van der Waals surface area contributed by atoms with Crippen molar-refractivity contribution in [1.82, 2.24) is 4.57 Å².